The zero-order chi connectivity index (χ0) is 32.6. The van der Waals surface area contributed by atoms with Crippen molar-refractivity contribution >= 4 is 40.6 Å². The highest BCUT2D eigenvalue weighted by Gasteiger charge is 2.29. The van der Waals surface area contributed by atoms with Crippen molar-refractivity contribution in [3.05, 3.63) is 119 Å². The number of alkyl carbamates (subject to hydrolysis) is 1. The molecule has 2 amide bonds. The first kappa shape index (κ1) is 33.4. The Morgan fingerprint density at radius 3 is 2.56 bits per heavy atom. The minimum absolute atomic E-state index is 0.00862. The van der Waals surface area contributed by atoms with E-state index in [0.29, 0.717) is 11.3 Å². The average Bonchev–Trinajstić information content (AvgIpc) is 3.36. The zero-order valence-electron chi connectivity index (χ0n) is 25.7. The minimum atomic E-state index is -0.788. The Morgan fingerprint density at radius 2 is 1.87 bits per heavy atom. The number of hydrogen-bond donors (Lipinski definition) is 3. The third-order valence-corrected chi connectivity index (χ3v) is 7.09. The summed E-state index contributed by atoms with van der Waals surface area (Å²) in [6.07, 6.45) is 9.99. The van der Waals surface area contributed by atoms with Crippen LogP contribution in [0.25, 0.3) is 17.0 Å². The second-order valence-corrected chi connectivity index (χ2v) is 11.9. The van der Waals surface area contributed by atoms with Crippen molar-refractivity contribution in [2.24, 2.45) is 0 Å². The molecule has 2 atom stereocenters. The fourth-order valence-corrected chi connectivity index (χ4v) is 5.19. The normalized spacial score (nSPS) is 13.3. The number of fused-ring (bicyclic) bond motifs is 1. The molecular weight excluding hydrogens is 598 g/mol. The van der Waals surface area contributed by atoms with E-state index in [9.17, 15) is 18.4 Å². The van der Waals surface area contributed by atoms with Gasteiger partial charge in [-0.25, -0.2) is 13.6 Å². The third kappa shape index (κ3) is 9.25. The highest BCUT2D eigenvalue weighted by Crippen LogP contribution is 2.35. The number of benzene rings is 2. The van der Waals surface area contributed by atoms with Crippen molar-refractivity contribution in [1.29, 1.82) is 0 Å². The molecule has 2 heterocycles. The number of halogens is 3. The maximum Gasteiger partial charge on any atom is 0.407 e. The van der Waals surface area contributed by atoms with E-state index in [-0.39, 0.29) is 24.8 Å². The fraction of sp³-hybridized carbons (Fsp3) is 0.286. The number of alkyl halides is 1. The number of H-pyrrole nitrogens is 1. The van der Waals surface area contributed by atoms with E-state index in [1.165, 1.54) is 12.1 Å². The molecule has 3 N–H and O–H groups in total. The first-order valence-corrected chi connectivity index (χ1v) is 15.1. The molecule has 0 spiro atoms. The van der Waals surface area contributed by atoms with Crippen LogP contribution in [0.15, 0.2) is 79.2 Å². The molecule has 10 heteroatoms. The highest BCUT2D eigenvalue weighted by molar-refractivity contribution is 6.18. The van der Waals surface area contributed by atoms with Crippen LogP contribution in [0.3, 0.4) is 0 Å². The molecule has 4 rings (SSSR count). The smallest absolute Gasteiger partial charge is 0.407 e. The lowest BCUT2D eigenvalue weighted by atomic mass is 9.86. The molecule has 2 aromatic carbocycles. The van der Waals surface area contributed by atoms with Gasteiger partial charge in [0.2, 0.25) is 5.91 Å². The number of pyridine rings is 1. The number of rotatable bonds is 11. The van der Waals surface area contributed by atoms with Crippen molar-refractivity contribution in [2.75, 3.05) is 5.88 Å². The summed E-state index contributed by atoms with van der Waals surface area (Å²) in [6.45, 7) is 7.49. The summed E-state index contributed by atoms with van der Waals surface area (Å²) in [6, 6.07) is 11.8. The molecule has 7 nitrogen and oxygen atoms in total. The highest BCUT2D eigenvalue weighted by atomic mass is 35.5. The van der Waals surface area contributed by atoms with Gasteiger partial charge in [0.1, 0.15) is 17.2 Å². The standard InChI is InChI=1S/C35H37ClF2N4O3/c1-5-8-23-9-7-14-39-32(23)33(28(10-6-13-36)24-16-26(37)19-27(38)17-24)42-31(43)18-25-21-40-30-12-11-22(15-29(25)30)20-41-34(44)45-35(2,3)4/h5-12,14-17,19,21,28,33,40H,13,18,20H2,1-4H3,(H,41,44)(H,42,43)/b8-5+,10-6+/t28?,33-/m0/s1. The van der Waals surface area contributed by atoms with Crippen molar-refractivity contribution in [2.45, 2.75) is 58.2 Å². The Bertz CT molecular complexity index is 1690. The van der Waals surface area contributed by atoms with Crippen molar-refractivity contribution < 1.29 is 23.1 Å². The Balaban J connectivity index is 1.65. The third-order valence-electron chi connectivity index (χ3n) is 6.91. The molecule has 0 saturated carbocycles. The largest absolute Gasteiger partial charge is 0.444 e. The summed E-state index contributed by atoms with van der Waals surface area (Å²) in [5.74, 6) is -2.31. The van der Waals surface area contributed by atoms with Crippen LogP contribution in [0.1, 0.15) is 67.6 Å². The van der Waals surface area contributed by atoms with Crippen LogP contribution >= 0.6 is 11.6 Å². The van der Waals surface area contributed by atoms with E-state index in [1.54, 1.807) is 51.4 Å². The van der Waals surface area contributed by atoms with Gasteiger partial charge in [-0.3, -0.25) is 9.78 Å². The van der Waals surface area contributed by atoms with Gasteiger partial charge in [-0.1, -0.05) is 36.4 Å². The van der Waals surface area contributed by atoms with Gasteiger partial charge in [0, 0.05) is 47.7 Å². The van der Waals surface area contributed by atoms with Crippen LogP contribution in [0, 0.1) is 11.6 Å². The van der Waals surface area contributed by atoms with E-state index >= 15 is 0 Å². The summed E-state index contributed by atoms with van der Waals surface area (Å²) < 4.78 is 34.1. The number of carbonyl (C=O) groups excluding carboxylic acids is 2. The number of allylic oxidation sites excluding steroid dienone is 2. The molecule has 1 unspecified atom stereocenters. The molecule has 45 heavy (non-hydrogen) atoms. The van der Waals surface area contributed by atoms with Crippen LogP contribution in [0.4, 0.5) is 13.6 Å². The van der Waals surface area contributed by atoms with Gasteiger partial charge >= 0.3 is 6.09 Å². The van der Waals surface area contributed by atoms with Gasteiger partial charge < -0.3 is 20.4 Å². The van der Waals surface area contributed by atoms with Crippen molar-refractivity contribution in [1.82, 2.24) is 20.6 Å². The molecular formula is C35H37ClF2N4O3. The number of nitrogens with one attached hydrogen (secondary N) is 3. The number of nitrogens with zero attached hydrogens (tertiary/aromatic N) is 1. The molecule has 0 radical (unpaired) electrons. The van der Waals surface area contributed by atoms with E-state index in [2.05, 4.69) is 20.6 Å². The molecule has 0 bridgehead atoms. The predicted molar refractivity (Wildman–Crippen MR) is 174 cm³/mol. The molecule has 4 aromatic rings. The van der Waals surface area contributed by atoms with Crippen LogP contribution in [0.5, 0.6) is 0 Å². The van der Waals surface area contributed by atoms with E-state index in [1.807, 2.05) is 43.3 Å². The molecule has 0 fully saturated rings. The first-order valence-electron chi connectivity index (χ1n) is 14.6. The Labute approximate surface area is 266 Å². The summed E-state index contributed by atoms with van der Waals surface area (Å²) in [5, 5.41) is 6.67. The Morgan fingerprint density at radius 1 is 1.11 bits per heavy atom. The molecule has 236 valence electrons. The molecule has 0 aliphatic heterocycles. The summed E-state index contributed by atoms with van der Waals surface area (Å²) in [7, 11) is 0. The number of ether oxygens (including phenoxy) is 1. The SMILES string of the molecule is C/C=C/c1cccnc1[C@@H](NC(=O)Cc1c[nH]c2ccc(CNC(=O)OC(C)(C)C)cc12)C(/C=C/CCl)c1cc(F)cc(F)c1. The van der Waals surface area contributed by atoms with Gasteiger partial charge in [-0.05, 0) is 80.3 Å². The summed E-state index contributed by atoms with van der Waals surface area (Å²) >= 11 is 5.98. The van der Waals surface area contributed by atoms with Gasteiger partial charge in [-0.15, -0.1) is 11.6 Å². The molecule has 0 aliphatic carbocycles. The topological polar surface area (TPSA) is 96.1 Å². The van der Waals surface area contributed by atoms with Gasteiger partial charge in [0.15, 0.2) is 0 Å². The number of aromatic nitrogens is 2. The zero-order valence-corrected chi connectivity index (χ0v) is 26.4. The van der Waals surface area contributed by atoms with Crippen LogP contribution in [0.2, 0.25) is 0 Å². The second-order valence-electron chi connectivity index (χ2n) is 11.6. The van der Waals surface area contributed by atoms with Crippen LogP contribution in [-0.2, 0) is 22.5 Å². The van der Waals surface area contributed by atoms with Crippen molar-refractivity contribution in [3.8, 4) is 0 Å². The monoisotopic (exact) mass is 634 g/mol. The summed E-state index contributed by atoms with van der Waals surface area (Å²) in [5.41, 5.74) is 3.39. The Hall–Kier alpha value is -4.50. The van der Waals surface area contributed by atoms with Gasteiger partial charge in [-0.2, -0.15) is 0 Å². The number of carbonyl (C=O) groups is 2. The Kier molecular flexibility index (Phi) is 11.1. The van der Waals surface area contributed by atoms with Crippen molar-refractivity contribution in [3.63, 3.8) is 0 Å². The summed E-state index contributed by atoms with van der Waals surface area (Å²) in [4.78, 5) is 33.7. The predicted octanol–water partition coefficient (Wildman–Crippen LogP) is 7.88. The first-order chi connectivity index (χ1) is 21.5. The second kappa shape index (κ2) is 15.0. The van der Waals surface area contributed by atoms with E-state index < -0.39 is 35.3 Å². The number of hydrogen-bond acceptors (Lipinski definition) is 4. The molecule has 0 aliphatic rings. The maximum atomic E-state index is 14.4. The molecule has 2 aromatic heterocycles. The van der Waals surface area contributed by atoms with Crippen LogP contribution in [-0.4, -0.2) is 33.4 Å². The lowest BCUT2D eigenvalue weighted by Crippen LogP contribution is -2.34. The van der Waals surface area contributed by atoms with Crippen LogP contribution < -0.4 is 10.6 Å². The lowest BCUT2D eigenvalue weighted by molar-refractivity contribution is -0.121. The van der Waals surface area contributed by atoms with Gasteiger partial charge in [0.25, 0.3) is 0 Å². The van der Waals surface area contributed by atoms with Gasteiger partial charge in [0.05, 0.1) is 18.2 Å². The lowest BCUT2D eigenvalue weighted by Gasteiger charge is -2.27. The van der Waals surface area contributed by atoms with E-state index in [4.69, 9.17) is 16.3 Å². The quantitative estimate of drug-likeness (QED) is 0.116. The van der Waals surface area contributed by atoms with E-state index in [0.717, 1.165) is 33.7 Å². The fourth-order valence-electron chi connectivity index (χ4n) is 5.09. The number of amides is 2. The maximum absolute atomic E-state index is 14.4. The molecule has 0 saturated heterocycles. The number of aromatic amines is 1. The minimum Gasteiger partial charge on any atom is -0.444 e. The average molecular weight is 635 g/mol.